The number of para-hydroxylation sites is 1. The van der Waals surface area contributed by atoms with Gasteiger partial charge in [-0.2, -0.15) is 0 Å². The molecule has 0 aliphatic rings. The predicted molar refractivity (Wildman–Crippen MR) is 77.9 cm³/mol. The van der Waals surface area contributed by atoms with Crippen LogP contribution in [0, 0.1) is 0 Å². The van der Waals surface area contributed by atoms with Crippen LogP contribution in [0.3, 0.4) is 0 Å². The zero-order valence-corrected chi connectivity index (χ0v) is 10.2. The third-order valence-electron chi connectivity index (χ3n) is 2.94. The smallest absolute Gasteiger partial charge is 0.336 e. The molecule has 0 N–H and O–H groups in total. The van der Waals surface area contributed by atoms with Gasteiger partial charge in [-0.15, -0.1) is 0 Å². The first-order valence-electron chi connectivity index (χ1n) is 6.09. The molecule has 0 radical (unpaired) electrons. The lowest BCUT2D eigenvalue weighted by Gasteiger charge is -2.00. The molecular weight excluding hydrogens is 236 g/mol. The monoisotopic (exact) mass is 248 g/mol. The Balaban J connectivity index is 2.10. The standard InChI is InChI=1S/C17H12O2/c18-17-12-14(11-10-13-6-2-1-3-7-13)15-8-4-5-9-16(15)19-17/h1-12H/b11-10+. The van der Waals surface area contributed by atoms with Crippen LogP contribution in [-0.4, -0.2) is 0 Å². The van der Waals surface area contributed by atoms with Crippen molar-refractivity contribution in [3.63, 3.8) is 0 Å². The Morgan fingerprint density at radius 1 is 0.842 bits per heavy atom. The van der Waals surface area contributed by atoms with Crippen molar-refractivity contribution in [2.45, 2.75) is 0 Å². The van der Waals surface area contributed by atoms with Crippen LogP contribution >= 0.6 is 0 Å². The fourth-order valence-electron chi connectivity index (χ4n) is 2.02. The Labute approximate surface area is 110 Å². The molecule has 0 aliphatic heterocycles. The topological polar surface area (TPSA) is 30.2 Å². The largest absolute Gasteiger partial charge is 0.423 e. The summed E-state index contributed by atoms with van der Waals surface area (Å²) >= 11 is 0. The van der Waals surface area contributed by atoms with Crippen LogP contribution in [-0.2, 0) is 0 Å². The highest BCUT2D eigenvalue weighted by molar-refractivity contribution is 5.89. The molecule has 0 fully saturated rings. The minimum Gasteiger partial charge on any atom is -0.423 e. The van der Waals surface area contributed by atoms with Crippen molar-refractivity contribution in [3.05, 3.63) is 82.2 Å². The van der Waals surface area contributed by atoms with E-state index in [4.69, 9.17) is 4.42 Å². The van der Waals surface area contributed by atoms with E-state index >= 15 is 0 Å². The van der Waals surface area contributed by atoms with Gasteiger partial charge in [0.25, 0.3) is 0 Å². The second-order valence-electron chi connectivity index (χ2n) is 4.26. The average molecular weight is 248 g/mol. The van der Waals surface area contributed by atoms with E-state index in [2.05, 4.69) is 0 Å². The normalized spacial score (nSPS) is 11.2. The highest BCUT2D eigenvalue weighted by atomic mass is 16.4. The van der Waals surface area contributed by atoms with Crippen molar-refractivity contribution in [2.24, 2.45) is 0 Å². The Hall–Kier alpha value is -2.61. The highest BCUT2D eigenvalue weighted by Gasteiger charge is 2.01. The van der Waals surface area contributed by atoms with E-state index < -0.39 is 0 Å². The maximum absolute atomic E-state index is 11.5. The van der Waals surface area contributed by atoms with Gasteiger partial charge in [0.05, 0.1) is 0 Å². The molecule has 3 rings (SSSR count). The molecule has 0 saturated heterocycles. The van der Waals surface area contributed by atoms with Gasteiger partial charge < -0.3 is 4.42 Å². The summed E-state index contributed by atoms with van der Waals surface area (Å²) in [5.74, 6) is 0. The van der Waals surface area contributed by atoms with E-state index in [1.54, 1.807) is 6.07 Å². The molecule has 0 saturated carbocycles. The Bertz CT molecular complexity index is 783. The van der Waals surface area contributed by atoms with Crippen molar-refractivity contribution in [1.29, 1.82) is 0 Å². The molecule has 0 unspecified atom stereocenters. The summed E-state index contributed by atoms with van der Waals surface area (Å²) in [5, 5.41) is 0.939. The zero-order chi connectivity index (χ0) is 13.1. The van der Waals surface area contributed by atoms with Crippen LogP contribution in [0.1, 0.15) is 11.1 Å². The summed E-state index contributed by atoms with van der Waals surface area (Å²) in [6, 6.07) is 19.0. The lowest BCUT2D eigenvalue weighted by molar-refractivity contribution is 0.560. The van der Waals surface area contributed by atoms with Crippen molar-refractivity contribution in [1.82, 2.24) is 0 Å². The Morgan fingerprint density at radius 2 is 1.58 bits per heavy atom. The minimum absolute atomic E-state index is 0.327. The van der Waals surface area contributed by atoms with Gasteiger partial charge in [0.2, 0.25) is 0 Å². The summed E-state index contributed by atoms with van der Waals surface area (Å²) in [6.07, 6.45) is 3.93. The molecule has 2 heteroatoms. The lowest BCUT2D eigenvalue weighted by atomic mass is 10.1. The number of hydrogen-bond acceptors (Lipinski definition) is 2. The second-order valence-corrected chi connectivity index (χ2v) is 4.26. The number of rotatable bonds is 2. The van der Waals surface area contributed by atoms with Crippen molar-refractivity contribution >= 4 is 23.1 Å². The summed E-state index contributed by atoms with van der Waals surface area (Å²) in [4.78, 5) is 11.5. The SMILES string of the molecule is O=c1cc(/C=C/c2ccccc2)c2ccccc2o1. The molecule has 19 heavy (non-hydrogen) atoms. The van der Waals surface area contributed by atoms with Crippen LogP contribution < -0.4 is 5.63 Å². The Kier molecular flexibility index (Phi) is 2.99. The van der Waals surface area contributed by atoms with E-state index in [0.29, 0.717) is 5.58 Å². The van der Waals surface area contributed by atoms with Crippen molar-refractivity contribution in [2.75, 3.05) is 0 Å². The predicted octanol–water partition coefficient (Wildman–Crippen LogP) is 3.96. The fraction of sp³-hybridized carbons (Fsp3) is 0. The van der Waals surface area contributed by atoms with E-state index in [1.165, 1.54) is 6.07 Å². The third-order valence-corrected chi connectivity index (χ3v) is 2.94. The quantitative estimate of drug-likeness (QED) is 0.642. The molecule has 1 heterocycles. The molecule has 2 aromatic carbocycles. The first-order valence-corrected chi connectivity index (χ1v) is 6.09. The minimum atomic E-state index is -0.327. The number of hydrogen-bond donors (Lipinski definition) is 0. The van der Waals surface area contributed by atoms with Gasteiger partial charge in [-0.05, 0) is 17.2 Å². The molecule has 0 bridgehead atoms. The van der Waals surface area contributed by atoms with Crippen LogP contribution in [0.5, 0.6) is 0 Å². The van der Waals surface area contributed by atoms with Gasteiger partial charge in [0.15, 0.2) is 0 Å². The van der Waals surface area contributed by atoms with E-state index in [-0.39, 0.29) is 5.63 Å². The molecule has 2 nitrogen and oxygen atoms in total. The zero-order valence-electron chi connectivity index (χ0n) is 10.2. The van der Waals surface area contributed by atoms with E-state index in [9.17, 15) is 4.79 Å². The summed E-state index contributed by atoms with van der Waals surface area (Å²) in [5.41, 5.74) is 2.25. The van der Waals surface area contributed by atoms with Gasteiger partial charge >= 0.3 is 5.63 Å². The van der Waals surface area contributed by atoms with Crippen molar-refractivity contribution < 1.29 is 4.42 Å². The van der Waals surface area contributed by atoms with Gasteiger partial charge in [-0.25, -0.2) is 4.79 Å². The van der Waals surface area contributed by atoms with Gasteiger partial charge in [0, 0.05) is 11.5 Å². The molecule has 1 aromatic heterocycles. The molecule has 0 aliphatic carbocycles. The third kappa shape index (κ3) is 2.47. The summed E-state index contributed by atoms with van der Waals surface area (Å²) in [7, 11) is 0. The molecule has 92 valence electrons. The molecular formula is C17H12O2. The fourth-order valence-corrected chi connectivity index (χ4v) is 2.02. The highest BCUT2D eigenvalue weighted by Crippen LogP contribution is 2.18. The first kappa shape index (κ1) is 11.5. The molecule has 0 spiro atoms. The lowest BCUT2D eigenvalue weighted by Crippen LogP contribution is -1.97. The molecule has 3 aromatic rings. The summed E-state index contributed by atoms with van der Waals surface area (Å²) in [6.45, 7) is 0. The maximum Gasteiger partial charge on any atom is 0.336 e. The number of fused-ring (bicyclic) bond motifs is 1. The van der Waals surface area contributed by atoms with Gasteiger partial charge in [-0.3, -0.25) is 0 Å². The average Bonchev–Trinajstić information content (AvgIpc) is 2.45. The van der Waals surface area contributed by atoms with E-state index in [1.807, 2.05) is 60.7 Å². The first-order chi connectivity index (χ1) is 9.33. The van der Waals surface area contributed by atoms with Gasteiger partial charge in [-0.1, -0.05) is 60.7 Å². The molecule has 0 atom stereocenters. The van der Waals surface area contributed by atoms with Crippen molar-refractivity contribution in [3.8, 4) is 0 Å². The van der Waals surface area contributed by atoms with Crippen LogP contribution in [0.4, 0.5) is 0 Å². The van der Waals surface area contributed by atoms with Crippen LogP contribution in [0.2, 0.25) is 0 Å². The summed E-state index contributed by atoms with van der Waals surface area (Å²) < 4.78 is 5.16. The Morgan fingerprint density at radius 3 is 2.42 bits per heavy atom. The van der Waals surface area contributed by atoms with E-state index in [0.717, 1.165) is 16.5 Å². The maximum atomic E-state index is 11.5. The second kappa shape index (κ2) is 4.94. The number of benzene rings is 2. The molecule has 0 amide bonds. The van der Waals surface area contributed by atoms with Crippen LogP contribution in [0.15, 0.2) is 69.9 Å². The van der Waals surface area contributed by atoms with Gasteiger partial charge in [0.1, 0.15) is 5.58 Å². The van der Waals surface area contributed by atoms with Crippen LogP contribution in [0.25, 0.3) is 23.1 Å².